The summed E-state index contributed by atoms with van der Waals surface area (Å²) in [5.41, 5.74) is 5.66. The van der Waals surface area contributed by atoms with Gasteiger partial charge in [0.1, 0.15) is 10.7 Å². The minimum atomic E-state index is -0.155. The fraction of sp³-hybridized carbons (Fsp3) is 0.600. The third-order valence-corrected chi connectivity index (χ3v) is 3.23. The molecule has 0 atom stereocenters. The van der Waals surface area contributed by atoms with Crippen LogP contribution in [0.5, 0.6) is 0 Å². The van der Waals surface area contributed by atoms with E-state index in [4.69, 9.17) is 5.73 Å². The highest BCUT2D eigenvalue weighted by Crippen LogP contribution is 2.23. The molecule has 0 fully saturated rings. The number of nitrogens with two attached hydrogens (primary N) is 1. The van der Waals surface area contributed by atoms with Crippen LogP contribution in [0.25, 0.3) is 0 Å². The monoisotopic (exact) mass is 257 g/mol. The fourth-order valence-electron chi connectivity index (χ4n) is 1.27. The molecule has 7 heteroatoms. The molecule has 0 radical (unpaired) electrons. The minimum absolute atomic E-state index is 0.155. The standard InChI is InChI=1S/C10H19N5OS/c1-3-13-5-4-6-14-9(16)7-8(11)15-10(12-2)17-7/h13H,3-6,11H2,1-2H3,(H,12,15)(H,14,16). The SMILES string of the molecule is CCNCCCNC(=O)c1sc(NC)nc1N. The van der Waals surface area contributed by atoms with Gasteiger partial charge in [0.15, 0.2) is 5.13 Å². The van der Waals surface area contributed by atoms with Gasteiger partial charge < -0.3 is 21.7 Å². The molecule has 0 unspecified atom stereocenters. The zero-order valence-corrected chi connectivity index (χ0v) is 11.0. The first-order valence-electron chi connectivity index (χ1n) is 5.62. The number of nitrogens with one attached hydrogen (secondary N) is 3. The molecule has 0 aliphatic carbocycles. The van der Waals surface area contributed by atoms with Gasteiger partial charge in [0.05, 0.1) is 0 Å². The third kappa shape index (κ3) is 4.20. The maximum Gasteiger partial charge on any atom is 0.265 e. The summed E-state index contributed by atoms with van der Waals surface area (Å²) in [5.74, 6) is 0.126. The van der Waals surface area contributed by atoms with Crippen molar-refractivity contribution < 1.29 is 4.79 Å². The van der Waals surface area contributed by atoms with Gasteiger partial charge >= 0.3 is 0 Å². The molecular weight excluding hydrogens is 238 g/mol. The Hall–Kier alpha value is -1.34. The Labute approximate surface area is 105 Å². The van der Waals surface area contributed by atoms with Crippen LogP contribution in [0.1, 0.15) is 23.0 Å². The Balaban J connectivity index is 2.38. The lowest BCUT2D eigenvalue weighted by molar-refractivity contribution is 0.0958. The predicted octanol–water partition coefficient (Wildman–Crippen LogP) is 0.496. The number of thiazole rings is 1. The van der Waals surface area contributed by atoms with E-state index >= 15 is 0 Å². The Morgan fingerprint density at radius 3 is 2.82 bits per heavy atom. The molecule has 5 N–H and O–H groups in total. The van der Waals surface area contributed by atoms with Crippen molar-refractivity contribution >= 4 is 28.2 Å². The van der Waals surface area contributed by atoms with Gasteiger partial charge in [-0.05, 0) is 19.5 Å². The van der Waals surface area contributed by atoms with Gasteiger partial charge in [-0.1, -0.05) is 18.3 Å². The molecule has 17 heavy (non-hydrogen) atoms. The van der Waals surface area contributed by atoms with Crippen LogP contribution in [0.4, 0.5) is 10.9 Å². The summed E-state index contributed by atoms with van der Waals surface area (Å²) < 4.78 is 0. The van der Waals surface area contributed by atoms with E-state index in [9.17, 15) is 4.79 Å². The molecule has 0 aliphatic heterocycles. The maximum atomic E-state index is 11.8. The molecule has 1 aromatic rings. The van der Waals surface area contributed by atoms with Crippen LogP contribution < -0.4 is 21.7 Å². The molecule has 1 amide bonds. The summed E-state index contributed by atoms with van der Waals surface area (Å²) in [4.78, 5) is 16.2. The molecule has 1 heterocycles. The predicted molar refractivity (Wildman–Crippen MR) is 71.6 cm³/mol. The van der Waals surface area contributed by atoms with E-state index in [1.165, 1.54) is 11.3 Å². The Morgan fingerprint density at radius 2 is 2.24 bits per heavy atom. The van der Waals surface area contributed by atoms with Crippen LogP contribution in [0.2, 0.25) is 0 Å². The zero-order chi connectivity index (χ0) is 12.7. The number of anilines is 2. The molecule has 1 rings (SSSR count). The Bertz CT molecular complexity index is 366. The van der Waals surface area contributed by atoms with Crippen molar-refractivity contribution in [3.05, 3.63) is 4.88 Å². The molecule has 96 valence electrons. The summed E-state index contributed by atoms with van der Waals surface area (Å²) in [6.45, 7) is 4.53. The Morgan fingerprint density at radius 1 is 1.47 bits per heavy atom. The number of carbonyl (C=O) groups is 1. The number of carbonyl (C=O) groups excluding carboxylic acids is 1. The number of nitrogens with zero attached hydrogens (tertiary/aromatic N) is 1. The largest absolute Gasteiger partial charge is 0.382 e. The maximum absolute atomic E-state index is 11.8. The Kier molecular flexibility index (Phi) is 5.71. The van der Waals surface area contributed by atoms with E-state index in [0.717, 1.165) is 19.5 Å². The molecule has 0 aliphatic rings. The van der Waals surface area contributed by atoms with Gasteiger partial charge in [0.2, 0.25) is 0 Å². The van der Waals surface area contributed by atoms with Gasteiger partial charge in [-0.25, -0.2) is 4.98 Å². The molecule has 0 saturated carbocycles. The number of rotatable bonds is 7. The first-order chi connectivity index (χ1) is 8.19. The fourth-order valence-corrected chi connectivity index (χ4v) is 2.03. The van der Waals surface area contributed by atoms with E-state index in [2.05, 4.69) is 27.9 Å². The van der Waals surface area contributed by atoms with Crippen LogP contribution in [0.15, 0.2) is 0 Å². The molecule has 0 aromatic carbocycles. The van der Waals surface area contributed by atoms with E-state index in [1.54, 1.807) is 7.05 Å². The van der Waals surface area contributed by atoms with Crippen molar-refractivity contribution in [3.8, 4) is 0 Å². The van der Waals surface area contributed by atoms with Crippen LogP contribution >= 0.6 is 11.3 Å². The van der Waals surface area contributed by atoms with Crippen LogP contribution in [-0.4, -0.2) is 37.6 Å². The van der Waals surface area contributed by atoms with Crippen LogP contribution in [0.3, 0.4) is 0 Å². The van der Waals surface area contributed by atoms with Gasteiger partial charge in [0.25, 0.3) is 5.91 Å². The lowest BCUT2D eigenvalue weighted by atomic mass is 10.4. The second-order valence-corrected chi connectivity index (χ2v) is 4.45. The first-order valence-corrected chi connectivity index (χ1v) is 6.43. The average molecular weight is 257 g/mol. The van der Waals surface area contributed by atoms with Gasteiger partial charge in [-0.15, -0.1) is 0 Å². The number of amides is 1. The van der Waals surface area contributed by atoms with E-state index in [1.807, 2.05) is 0 Å². The van der Waals surface area contributed by atoms with Crippen molar-refractivity contribution in [1.82, 2.24) is 15.6 Å². The highest BCUT2D eigenvalue weighted by Gasteiger charge is 2.14. The highest BCUT2D eigenvalue weighted by atomic mass is 32.1. The van der Waals surface area contributed by atoms with Crippen LogP contribution in [0, 0.1) is 0 Å². The number of hydrogen-bond acceptors (Lipinski definition) is 6. The molecular formula is C10H19N5OS. The quantitative estimate of drug-likeness (QED) is 0.534. The summed E-state index contributed by atoms with van der Waals surface area (Å²) in [6, 6.07) is 0. The summed E-state index contributed by atoms with van der Waals surface area (Å²) in [5, 5.41) is 9.53. The number of nitrogen functional groups attached to an aromatic ring is 1. The second kappa shape index (κ2) is 7.08. The molecule has 1 aromatic heterocycles. The topological polar surface area (TPSA) is 92.1 Å². The van der Waals surface area contributed by atoms with E-state index in [0.29, 0.717) is 16.6 Å². The van der Waals surface area contributed by atoms with Crippen molar-refractivity contribution in [3.63, 3.8) is 0 Å². The van der Waals surface area contributed by atoms with Crippen molar-refractivity contribution in [2.75, 3.05) is 37.7 Å². The number of aromatic nitrogens is 1. The van der Waals surface area contributed by atoms with E-state index in [-0.39, 0.29) is 11.7 Å². The lowest BCUT2D eigenvalue weighted by Crippen LogP contribution is -2.27. The average Bonchev–Trinajstić information content (AvgIpc) is 2.70. The van der Waals surface area contributed by atoms with Crippen molar-refractivity contribution in [1.29, 1.82) is 0 Å². The molecule has 0 saturated heterocycles. The van der Waals surface area contributed by atoms with Crippen LogP contribution in [-0.2, 0) is 0 Å². The summed E-state index contributed by atoms with van der Waals surface area (Å²) in [6.07, 6.45) is 0.900. The smallest absolute Gasteiger partial charge is 0.265 e. The summed E-state index contributed by atoms with van der Waals surface area (Å²) in [7, 11) is 1.75. The molecule has 0 bridgehead atoms. The van der Waals surface area contributed by atoms with Gasteiger partial charge in [-0.3, -0.25) is 4.79 Å². The zero-order valence-electron chi connectivity index (χ0n) is 10.2. The highest BCUT2D eigenvalue weighted by molar-refractivity contribution is 7.18. The van der Waals surface area contributed by atoms with Crippen molar-refractivity contribution in [2.24, 2.45) is 0 Å². The molecule has 0 spiro atoms. The number of hydrogen-bond donors (Lipinski definition) is 4. The summed E-state index contributed by atoms with van der Waals surface area (Å²) >= 11 is 1.26. The van der Waals surface area contributed by atoms with Gasteiger partial charge in [-0.2, -0.15) is 0 Å². The normalized spacial score (nSPS) is 10.2. The van der Waals surface area contributed by atoms with E-state index < -0.39 is 0 Å². The van der Waals surface area contributed by atoms with Gasteiger partial charge in [0, 0.05) is 13.6 Å². The van der Waals surface area contributed by atoms with Crippen molar-refractivity contribution in [2.45, 2.75) is 13.3 Å². The first kappa shape index (κ1) is 13.7. The minimum Gasteiger partial charge on any atom is -0.382 e. The molecule has 6 nitrogen and oxygen atoms in total. The lowest BCUT2D eigenvalue weighted by Gasteiger charge is -2.04. The second-order valence-electron chi connectivity index (χ2n) is 3.45. The third-order valence-electron chi connectivity index (χ3n) is 2.14.